The summed E-state index contributed by atoms with van der Waals surface area (Å²) in [5.41, 5.74) is 2.00. The standard InChI is InChI=1S/C12H17NO3S/c1-4-16-12(14)13-17(3,15)9-11-7-5-6-10(2)8-11/h5-8H,4,9H2,1-3H3. The van der Waals surface area contributed by atoms with Crippen molar-refractivity contribution in [3.63, 3.8) is 0 Å². The summed E-state index contributed by atoms with van der Waals surface area (Å²) in [6, 6.07) is 7.66. The Labute approximate surface area is 102 Å². The number of carbonyl (C=O) groups excluding carboxylic acids is 1. The Morgan fingerprint density at radius 1 is 1.47 bits per heavy atom. The molecule has 0 heterocycles. The highest BCUT2D eigenvalue weighted by Crippen LogP contribution is 2.09. The summed E-state index contributed by atoms with van der Waals surface area (Å²) in [5.74, 6) is 0.257. The molecule has 1 rings (SSSR count). The Balaban J connectivity index is 2.86. The third kappa shape index (κ3) is 4.99. The Morgan fingerprint density at radius 3 is 2.76 bits per heavy atom. The Bertz CT molecular complexity index is 516. The third-order valence-electron chi connectivity index (χ3n) is 2.05. The van der Waals surface area contributed by atoms with E-state index >= 15 is 0 Å². The van der Waals surface area contributed by atoms with E-state index in [0.717, 1.165) is 11.1 Å². The van der Waals surface area contributed by atoms with Crippen molar-refractivity contribution in [2.45, 2.75) is 19.6 Å². The number of benzene rings is 1. The van der Waals surface area contributed by atoms with Crippen LogP contribution in [0.25, 0.3) is 0 Å². The van der Waals surface area contributed by atoms with Crippen molar-refractivity contribution in [2.24, 2.45) is 4.36 Å². The number of ether oxygens (including phenoxy) is 1. The highest BCUT2D eigenvalue weighted by molar-refractivity contribution is 7.92. The van der Waals surface area contributed by atoms with Gasteiger partial charge in [-0.1, -0.05) is 29.8 Å². The SMILES string of the molecule is CCOC(=O)N=S(C)(=O)Cc1cccc(C)c1. The molecule has 0 N–H and O–H groups in total. The van der Waals surface area contributed by atoms with Crippen LogP contribution in [0.4, 0.5) is 4.79 Å². The molecule has 4 nitrogen and oxygen atoms in total. The Hall–Kier alpha value is -1.36. The lowest BCUT2D eigenvalue weighted by Gasteiger charge is -2.05. The highest BCUT2D eigenvalue weighted by Gasteiger charge is 2.08. The van der Waals surface area contributed by atoms with Crippen molar-refractivity contribution in [1.82, 2.24) is 0 Å². The predicted octanol–water partition coefficient (Wildman–Crippen LogP) is 2.75. The molecule has 94 valence electrons. The summed E-state index contributed by atoms with van der Waals surface area (Å²) in [7, 11) is -2.57. The molecule has 0 spiro atoms. The fourth-order valence-corrected chi connectivity index (χ4v) is 2.68. The van der Waals surface area contributed by atoms with E-state index in [1.807, 2.05) is 31.2 Å². The molecule has 1 atom stereocenters. The third-order valence-corrected chi connectivity index (χ3v) is 3.46. The van der Waals surface area contributed by atoms with Gasteiger partial charge in [0.25, 0.3) is 0 Å². The number of hydrogen-bond donors (Lipinski definition) is 0. The van der Waals surface area contributed by atoms with Crippen molar-refractivity contribution in [3.05, 3.63) is 35.4 Å². The number of hydrogen-bond acceptors (Lipinski definition) is 3. The van der Waals surface area contributed by atoms with E-state index in [-0.39, 0.29) is 12.4 Å². The average molecular weight is 255 g/mol. The number of rotatable bonds is 3. The average Bonchev–Trinajstić information content (AvgIpc) is 2.15. The minimum atomic E-state index is -2.57. The van der Waals surface area contributed by atoms with Crippen molar-refractivity contribution in [2.75, 3.05) is 12.9 Å². The van der Waals surface area contributed by atoms with Gasteiger partial charge in [-0.3, -0.25) is 0 Å². The summed E-state index contributed by atoms with van der Waals surface area (Å²) in [6.07, 6.45) is 0.708. The van der Waals surface area contributed by atoms with Crippen LogP contribution in [-0.4, -0.2) is 23.2 Å². The first-order valence-corrected chi connectivity index (χ1v) is 7.44. The van der Waals surface area contributed by atoms with Crippen LogP contribution in [0.3, 0.4) is 0 Å². The van der Waals surface area contributed by atoms with Gasteiger partial charge in [0.15, 0.2) is 0 Å². The molecule has 0 aliphatic carbocycles. The van der Waals surface area contributed by atoms with Gasteiger partial charge in [0.2, 0.25) is 0 Å². The molecule has 0 aromatic heterocycles. The Kier molecular flexibility index (Phi) is 4.69. The summed E-state index contributed by atoms with van der Waals surface area (Å²) >= 11 is 0. The Morgan fingerprint density at radius 2 is 2.18 bits per heavy atom. The quantitative estimate of drug-likeness (QED) is 0.834. The second kappa shape index (κ2) is 5.82. The highest BCUT2D eigenvalue weighted by atomic mass is 32.2. The molecule has 1 aromatic carbocycles. The zero-order valence-corrected chi connectivity index (χ0v) is 11.1. The first-order valence-electron chi connectivity index (χ1n) is 5.35. The van der Waals surface area contributed by atoms with Crippen LogP contribution in [0.1, 0.15) is 18.1 Å². The van der Waals surface area contributed by atoms with Gasteiger partial charge in [-0.15, -0.1) is 4.36 Å². The van der Waals surface area contributed by atoms with Crippen LogP contribution < -0.4 is 0 Å². The van der Waals surface area contributed by atoms with Gasteiger partial charge in [0, 0.05) is 6.26 Å². The normalized spacial score (nSPS) is 13.8. The molecule has 17 heavy (non-hydrogen) atoms. The summed E-state index contributed by atoms with van der Waals surface area (Å²) in [4.78, 5) is 11.1. The topological polar surface area (TPSA) is 55.7 Å². The first kappa shape index (κ1) is 13.7. The molecule has 1 aromatic rings. The first-order chi connectivity index (χ1) is 7.93. The van der Waals surface area contributed by atoms with Crippen LogP contribution in [0.15, 0.2) is 28.6 Å². The van der Waals surface area contributed by atoms with E-state index in [9.17, 15) is 9.00 Å². The van der Waals surface area contributed by atoms with Crippen molar-refractivity contribution in [1.29, 1.82) is 0 Å². The van der Waals surface area contributed by atoms with E-state index in [1.54, 1.807) is 6.92 Å². The van der Waals surface area contributed by atoms with Gasteiger partial charge in [-0.25, -0.2) is 9.00 Å². The zero-order valence-electron chi connectivity index (χ0n) is 10.3. The monoisotopic (exact) mass is 255 g/mol. The maximum Gasteiger partial charge on any atom is 0.441 e. The fraction of sp³-hybridized carbons (Fsp3) is 0.417. The van der Waals surface area contributed by atoms with Gasteiger partial charge in [0.05, 0.1) is 22.1 Å². The molecule has 1 amide bonds. The molecule has 0 aliphatic rings. The maximum absolute atomic E-state index is 12.1. The van der Waals surface area contributed by atoms with E-state index in [1.165, 1.54) is 6.26 Å². The molecule has 0 saturated carbocycles. The van der Waals surface area contributed by atoms with Gasteiger partial charge >= 0.3 is 6.09 Å². The number of nitrogens with zero attached hydrogens (tertiary/aromatic N) is 1. The van der Waals surface area contributed by atoms with E-state index in [0.29, 0.717) is 0 Å². The minimum absolute atomic E-state index is 0.238. The zero-order chi connectivity index (χ0) is 12.9. The smallest absolute Gasteiger partial charge is 0.441 e. The number of amides is 1. The second-order valence-electron chi connectivity index (χ2n) is 3.88. The number of carbonyl (C=O) groups is 1. The molecule has 5 heteroatoms. The number of aryl methyl sites for hydroxylation is 1. The molecule has 0 radical (unpaired) electrons. The van der Waals surface area contributed by atoms with Crippen molar-refractivity contribution >= 4 is 15.8 Å². The lowest BCUT2D eigenvalue weighted by Crippen LogP contribution is -2.07. The van der Waals surface area contributed by atoms with Crippen LogP contribution in [0.5, 0.6) is 0 Å². The molecular weight excluding hydrogens is 238 g/mol. The molecule has 0 bridgehead atoms. The van der Waals surface area contributed by atoms with Crippen molar-refractivity contribution < 1.29 is 13.7 Å². The van der Waals surface area contributed by atoms with Crippen LogP contribution in [0, 0.1) is 6.92 Å². The maximum atomic E-state index is 12.1. The molecule has 0 fully saturated rings. The van der Waals surface area contributed by atoms with Crippen LogP contribution in [0.2, 0.25) is 0 Å². The molecule has 1 unspecified atom stereocenters. The lowest BCUT2D eigenvalue weighted by molar-refractivity contribution is 0.164. The van der Waals surface area contributed by atoms with Crippen LogP contribution in [-0.2, 0) is 20.2 Å². The largest absolute Gasteiger partial charge is 0.448 e. The van der Waals surface area contributed by atoms with Gasteiger partial charge in [-0.05, 0) is 19.4 Å². The lowest BCUT2D eigenvalue weighted by atomic mass is 10.2. The van der Waals surface area contributed by atoms with Gasteiger partial charge in [0.1, 0.15) is 0 Å². The van der Waals surface area contributed by atoms with Crippen molar-refractivity contribution in [3.8, 4) is 0 Å². The molecule has 0 aliphatic heterocycles. The van der Waals surface area contributed by atoms with E-state index < -0.39 is 15.8 Å². The minimum Gasteiger partial charge on any atom is -0.448 e. The summed E-state index contributed by atoms with van der Waals surface area (Å²) in [6.45, 7) is 3.89. The van der Waals surface area contributed by atoms with Gasteiger partial charge < -0.3 is 4.74 Å². The van der Waals surface area contributed by atoms with E-state index in [4.69, 9.17) is 0 Å². The summed E-state index contributed by atoms with van der Waals surface area (Å²) < 4.78 is 20.3. The summed E-state index contributed by atoms with van der Waals surface area (Å²) in [5, 5.41) is 0. The molecule has 0 saturated heterocycles. The predicted molar refractivity (Wildman–Crippen MR) is 68.4 cm³/mol. The van der Waals surface area contributed by atoms with E-state index in [2.05, 4.69) is 9.10 Å². The second-order valence-corrected chi connectivity index (χ2v) is 6.27. The molecular formula is C12H17NO3S. The van der Waals surface area contributed by atoms with Crippen LogP contribution >= 0.6 is 0 Å². The fourth-order valence-electron chi connectivity index (χ4n) is 1.45. The van der Waals surface area contributed by atoms with Gasteiger partial charge in [-0.2, -0.15) is 0 Å².